The van der Waals surface area contributed by atoms with Crippen molar-refractivity contribution in [2.75, 3.05) is 0 Å². The molecule has 0 radical (unpaired) electrons. The fourth-order valence-electron chi connectivity index (χ4n) is 1.21. The molecule has 14 heavy (non-hydrogen) atoms. The third-order valence-corrected chi connectivity index (χ3v) is 2.05. The highest BCUT2D eigenvalue weighted by Crippen LogP contribution is 2.13. The minimum absolute atomic E-state index is 0.431. The zero-order chi connectivity index (χ0) is 9.97. The summed E-state index contributed by atoms with van der Waals surface area (Å²) in [5, 5.41) is 4.64. The molecule has 2 N–H and O–H groups in total. The van der Waals surface area contributed by atoms with Crippen LogP contribution in [0, 0.1) is 0 Å². The molecule has 2 aromatic heterocycles. The van der Waals surface area contributed by atoms with Crippen LogP contribution in [0.4, 0.5) is 0 Å². The van der Waals surface area contributed by atoms with Crippen LogP contribution in [0.5, 0.6) is 0 Å². The predicted molar refractivity (Wildman–Crippen MR) is 54.3 cm³/mol. The van der Waals surface area contributed by atoms with Gasteiger partial charge in [-0.1, -0.05) is 17.7 Å². The zero-order valence-electron chi connectivity index (χ0n) is 7.39. The van der Waals surface area contributed by atoms with Gasteiger partial charge in [-0.25, -0.2) is 9.67 Å². The van der Waals surface area contributed by atoms with Crippen LogP contribution in [-0.2, 0) is 6.54 Å². The van der Waals surface area contributed by atoms with Crippen molar-refractivity contribution < 1.29 is 0 Å². The van der Waals surface area contributed by atoms with Gasteiger partial charge in [-0.05, 0) is 6.07 Å². The average molecular weight is 209 g/mol. The second-order valence-corrected chi connectivity index (χ2v) is 3.23. The molecule has 0 aliphatic rings. The topological polar surface area (TPSA) is 56.7 Å². The van der Waals surface area contributed by atoms with Crippen LogP contribution in [0.1, 0.15) is 5.56 Å². The predicted octanol–water partition coefficient (Wildman–Crippen LogP) is 1.38. The van der Waals surface area contributed by atoms with Gasteiger partial charge >= 0.3 is 0 Å². The van der Waals surface area contributed by atoms with Gasteiger partial charge in [0.05, 0.1) is 17.4 Å². The monoisotopic (exact) mass is 208 g/mol. The third kappa shape index (κ3) is 1.62. The summed E-state index contributed by atoms with van der Waals surface area (Å²) in [4.78, 5) is 4.19. The quantitative estimate of drug-likeness (QED) is 0.811. The van der Waals surface area contributed by atoms with Crippen LogP contribution in [-0.4, -0.2) is 14.8 Å². The minimum atomic E-state index is 0.431. The molecule has 0 aromatic carbocycles. The Morgan fingerprint density at radius 2 is 2.36 bits per heavy atom. The van der Waals surface area contributed by atoms with Crippen molar-refractivity contribution in [1.82, 2.24) is 14.8 Å². The van der Waals surface area contributed by atoms with Gasteiger partial charge in [-0.15, -0.1) is 0 Å². The first-order valence-corrected chi connectivity index (χ1v) is 4.53. The van der Waals surface area contributed by atoms with E-state index in [1.54, 1.807) is 23.3 Å². The molecule has 0 fully saturated rings. The van der Waals surface area contributed by atoms with Gasteiger partial charge in [0.15, 0.2) is 5.82 Å². The Bertz CT molecular complexity index is 438. The van der Waals surface area contributed by atoms with Gasteiger partial charge in [0, 0.05) is 18.3 Å². The molecule has 5 heteroatoms. The molecule has 0 aliphatic carbocycles. The van der Waals surface area contributed by atoms with E-state index in [1.165, 1.54) is 0 Å². The molecule has 2 aromatic rings. The number of aromatic nitrogens is 3. The Morgan fingerprint density at radius 1 is 1.50 bits per heavy atom. The van der Waals surface area contributed by atoms with E-state index in [0.717, 1.165) is 11.4 Å². The summed E-state index contributed by atoms with van der Waals surface area (Å²) in [5.74, 6) is 0.724. The Balaban J connectivity index is 2.50. The number of hydrogen-bond acceptors (Lipinski definition) is 3. The highest BCUT2D eigenvalue weighted by molar-refractivity contribution is 6.30. The summed E-state index contributed by atoms with van der Waals surface area (Å²) in [7, 11) is 0. The van der Waals surface area contributed by atoms with Crippen molar-refractivity contribution in [2.45, 2.75) is 6.54 Å². The van der Waals surface area contributed by atoms with Crippen LogP contribution in [0.3, 0.4) is 0 Å². The summed E-state index contributed by atoms with van der Waals surface area (Å²) in [5.41, 5.74) is 6.52. The van der Waals surface area contributed by atoms with Gasteiger partial charge in [0.1, 0.15) is 0 Å². The van der Waals surface area contributed by atoms with Crippen LogP contribution in [0.15, 0.2) is 30.7 Å². The molecule has 4 nitrogen and oxygen atoms in total. The van der Waals surface area contributed by atoms with Crippen molar-refractivity contribution >= 4 is 11.6 Å². The highest BCUT2D eigenvalue weighted by Gasteiger charge is 2.04. The summed E-state index contributed by atoms with van der Waals surface area (Å²) in [6, 6.07) is 3.76. The van der Waals surface area contributed by atoms with E-state index in [1.807, 2.05) is 12.1 Å². The fourth-order valence-corrected chi connectivity index (χ4v) is 1.35. The molecule has 0 spiro atoms. The van der Waals surface area contributed by atoms with Crippen LogP contribution in [0.2, 0.25) is 5.02 Å². The van der Waals surface area contributed by atoms with E-state index in [9.17, 15) is 0 Å². The van der Waals surface area contributed by atoms with Crippen molar-refractivity contribution in [3.8, 4) is 5.82 Å². The number of pyridine rings is 1. The number of rotatable bonds is 2. The van der Waals surface area contributed by atoms with Crippen molar-refractivity contribution in [3.63, 3.8) is 0 Å². The van der Waals surface area contributed by atoms with Gasteiger partial charge in [-0.3, -0.25) is 0 Å². The van der Waals surface area contributed by atoms with E-state index in [-0.39, 0.29) is 0 Å². The lowest BCUT2D eigenvalue weighted by atomic mass is 10.2. The largest absolute Gasteiger partial charge is 0.326 e. The van der Waals surface area contributed by atoms with Gasteiger partial charge in [-0.2, -0.15) is 5.10 Å². The molecular weight excluding hydrogens is 200 g/mol. The summed E-state index contributed by atoms with van der Waals surface area (Å²) >= 11 is 5.76. The minimum Gasteiger partial charge on any atom is -0.326 e. The lowest BCUT2D eigenvalue weighted by Gasteiger charge is -2.04. The Morgan fingerprint density at radius 3 is 3.00 bits per heavy atom. The molecule has 0 amide bonds. The highest BCUT2D eigenvalue weighted by atomic mass is 35.5. The normalized spacial score (nSPS) is 10.4. The SMILES string of the molecule is NCc1cccnc1-n1cc(Cl)cn1. The molecular formula is C9H9ClN4. The standard InChI is InChI=1S/C9H9ClN4/c10-8-5-13-14(6-8)9-7(4-11)2-1-3-12-9/h1-3,5-6H,4,11H2. The van der Waals surface area contributed by atoms with Crippen LogP contribution < -0.4 is 5.73 Å². The Hall–Kier alpha value is -1.39. The van der Waals surface area contributed by atoms with E-state index in [0.29, 0.717) is 11.6 Å². The van der Waals surface area contributed by atoms with Gasteiger partial charge < -0.3 is 5.73 Å². The Kier molecular flexibility index (Phi) is 2.47. The molecule has 2 heterocycles. The molecule has 0 unspecified atom stereocenters. The molecule has 0 saturated heterocycles. The first-order chi connectivity index (χ1) is 6.81. The van der Waals surface area contributed by atoms with Crippen molar-refractivity contribution in [2.24, 2.45) is 5.73 Å². The molecule has 0 bridgehead atoms. The van der Waals surface area contributed by atoms with Crippen molar-refractivity contribution in [1.29, 1.82) is 0 Å². The van der Waals surface area contributed by atoms with E-state index >= 15 is 0 Å². The molecule has 72 valence electrons. The maximum Gasteiger partial charge on any atom is 0.157 e. The van der Waals surface area contributed by atoms with Crippen LogP contribution >= 0.6 is 11.6 Å². The maximum atomic E-state index is 5.76. The number of nitrogens with zero attached hydrogens (tertiary/aromatic N) is 3. The summed E-state index contributed by atoms with van der Waals surface area (Å²) < 4.78 is 1.62. The van der Waals surface area contributed by atoms with E-state index < -0.39 is 0 Å². The Labute approximate surface area is 86.3 Å². The fraction of sp³-hybridized carbons (Fsp3) is 0.111. The first kappa shape index (κ1) is 9.18. The summed E-state index contributed by atoms with van der Waals surface area (Å²) in [6.45, 7) is 0.431. The lowest BCUT2D eigenvalue weighted by Crippen LogP contribution is -2.06. The molecule has 0 atom stereocenters. The van der Waals surface area contributed by atoms with Gasteiger partial charge in [0.2, 0.25) is 0 Å². The first-order valence-electron chi connectivity index (χ1n) is 4.16. The third-order valence-electron chi connectivity index (χ3n) is 1.86. The van der Waals surface area contributed by atoms with Crippen molar-refractivity contribution in [3.05, 3.63) is 41.3 Å². The van der Waals surface area contributed by atoms with Crippen LogP contribution in [0.25, 0.3) is 5.82 Å². The lowest BCUT2D eigenvalue weighted by molar-refractivity contribution is 0.824. The molecule has 0 saturated carbocycles. The second-order valence-electron chi connectivity index (χ2n) is 2.79. The number of nitrogens with two attached hydrogens (primary N) is 1. The average Bonchev–Trinajstić information content (AvgIpc) is 2.65. The number of halogens is 1. The maximum absolute atomic E-state index is 5.76. The molecule has 0 aliphatic heterocycles. The zero-order valence-corrected chi connectivity index (χ0v) is 8.15. The van der Waals surface area contributed by atoms with Gasteiger partial charge in [0.25, 0.3) is 0 Å². The smallest absolute Gasteiger partial charge is 0.157 e. The summed E-state index contributed by atoms with van der Waals surface area (Å²) in [6.07, 6.45) is 4.96. The van der Waals surface area contributed by atoms with E-state index in [4.69, 9.17) is 17.3 Å². The second kappa shape index (κ2) is 3.77. The number of hydrogen-bond donors (Lipinski definition) is 1. The van der Waals surface area contributed by atoms with E-state index in [2.05, 4.69) is 10.1 Å². The molecule has 2 rings (SSSR count).